The van der Waals surface area contributed by atoms with E-state index in [-0.39, 0.29) is 17.7 Å². The Bertz CT molecular complexity index is 490. The normalized spacial score (nSPS) is 17.8. The van der Waals surface area contributed by atoms with Gasteiger partial charge >= 0.3 is 0 Å². The molecule has 1 heterocycles. The number of benzene rings is 1. The minimum atomic E-state index is -0.217. The van der Waals surface area contributed by atoms with Gasteiger partial charge in [0.1, 0.15) is 0 Å². The number of hydrogen-bond acceptors (Lipinski definition) is 3. The molecule has 120 valence electrons. The lowest BCUT2D eigenvalue weighted by Crippen LogP contribution is -2.34. The molecular weight excluding hydrogens is 280 g/mol. The van der Waals surface area contributed by atoms with Gasteiger partial charge in [0.25, 0.3) is 0 Å². The van der Waals surface area contributed by atoms with E-state index < -0.39 is 0 Å². The second kappa shape index (κ2) is 8.54. The number of amides is 2. The molecule has 1 saturated heterocycles. The highest BCUT2D eigenvalue weighted by molar-refractivity contribution is 5.89. The van der Waals surface area contributed by atoms with E-state index in [4.69, 9.17) is 4.74 Å². The van der Waals surface area contributed by atoms with Crippen molar-refractivity contribution in [2.45, 2.75) is 19.3 Å². The maximum Gasteiger partial charge on any atom is 0.225 e. The van der Waals surface area contributed by atoms with Crippen LogP contribution in [0.3, 0.4) is 0 Å². The topological polar surface area (TPSA) is 58.6 Å². The van der Waals surface area contributed by atoms with Crippen LogP contribution in [0.1, 0.15) is 18.4 Å². The fraction of sp³-hybridized carbons (Fsp3) is 0.529. The van der Waals surface area contributed by atoms with Crippen LogP contribution in [0.2, 0.25) is 0 Å². The highest BCUT2D eigenvalue weighted by Gasteiger charge is 2.33. The first-order valence-electron chi connectivity index (χ1n) is 7.79. The first-order valence-corrected chi connectivity index (χ1v) is 7.79. The summed E-state index contributed by atoms with van der Waals surface area (Å²) in [5.41, 5.74) is 1.21. The van der Waals surface area contributed by atoms with Crippen LogP contribution in [0, 0.1) is 5.92 Å². The standard InChI is InChI=1S/C17H24N2O3/c1-22-11-5-9-18-17(21)15-12-16(20)19(13-15)10-8-14-6-3-2-4-7-14/h2-4,6-7,15H,5,8-13H2,1H3,(H,18,21)/t15-/m1/s1. The molecule has 0 saturated carbocycles. The van der Waals surface area contributed by atoms with E-state index in [1.54, 1.807) is 12.0 Å². The first-order chi connectivity index (χ1) is 10.7. The summed E-state index contributed by atoms with van der Waals surface area (Å²) >= 11 is 0. The Morgan fingerprint density at radius 2 is 2.14 bits per heavy atom. The summed E-state index contributed by atoms with van der Waals surface area (Å²) in [7, 11) is 1.64. The van der Waals surface area contributed by atoms with E-state index in [1.807, 2.05) is 18.2 Å². The van der Waals surface area contributed by atoms with Crippen LogP contribution in [0.5, 0.6) is 0 Å². The van der Waals surface area contributed by atoms with E-state index >= 15 is 0 Å². The number of carbonyl (C=O) groups is 2. The van der Waals surface area contributed by atoms with Gasteiger partial charge in [0.05, 0.1) is 5.92 Å². The summed E-state index contributed by atoms with van der Waals surface area (Å²) < 4.78 is 4.94. The lowest BCUT2D eigenvalue weighted by atomic mass is 10.1. The van der Waals surface area contributed by atoms with Gasteiger partial charge in [-0.25, -0.2) is 0 Å². The van der Waals surface area contributed by atoms with Gasteiger partial charge in [-0.3, -0.25) is 9.59 Å². The Hall–Kier alpha value is -1.88. The molecule has 1 aliphatic rings. The summed E-state index contributed by atoms with van der Waals surface area (Å²) in [4.78, 5) is 25.9. The van der Waals surface area contributed by atoms with Crippen LogP contribution in [0.4, 0.5) is 0 Å². The Balaban J connectivity index is 1.74. The van der Waals surface area contributed by atoms with Crippen molar-refractivity contribution in [1.29, 1.82) is 0 Å². The number of nitrogens with one attached hydrogen (secondary N) is 1. The second-order valence-electron chi connectivity index (χ2n) is 5.61. The summed E-state index contributed by atoms with van der Waals surface area (Å²) in [5, 5.41) is 2.88. The average Bonchev–Trinajstić information content (AvgIpc) is 2.91. The predicted octanol–water partition coefficient (Wildman–Crippen LogP) is 1.23. The van der Waals surface area contributed by atoms with Gasteiger partial charge in [0, 0.05) is 39.8 Å². The van der Waals surface area contributed by atoms with Crippen LogP contribution in [-0.2, 0) is 20.7 Å². The molecule has 0 aliphatic carbocycles. The zero-order chi connectivity index (χ0) is 15.8. The van der Waals surface area contributed by atoms with Gasteiger partial charge in [-0.2, -0.15) is 0 Å². The molecular formula is C17H24N2O3. The van der Waals surface area contributed by atoms with Gasteiger partial charge in [0.2, 0.25) is 11.8 Å². The number of methoxy groups -OCH3 is 1. The van der Waals surface area contributed by atoms with Gasteiger partial charge in [0.15, 0.2) is 0 Å². The minimum absolute atomic E-state index is 0.0216. The SMILES string of the molecule is COCCCNC(=O)[C@@H]1CC(=O)N(CCc2ccccc2)C1. The van der Waals surface area contributed by atoms with Crippen LogP contribution in [-0.4, -0.2) is 50.1 Å². The number of likely N-dealkylation sites (tertiary alicyclic amines) is 1. The Kier molecular flexibility index (Phi) is 6.40. The lowest BCUT2D eigenvalue weighted by molar-refractivity contribution is -0.129. The number of ether oxygens (including phenoxy) is 1. The third-order valence-corrected chi connectivity index (χ3v) is 3.92. The molecule has 1 N–H and O–H groups in total. The predicted molar refractivity (Wildman–Crippen MR) is 84.3 cm³/mol. The van der Waals surface area contributed by atoms with Gasteiger partial charge in [-0.05, 0) is 18.4 Å². The van der Waals surface area contributed by atoms with Crippen LogP contribution >= 0.6 is 0 Å². The van der Waals surface area contributed by atoms with Crippen molar-refractivity contribution in [1.82, 2.24) is 10.2 Å². The van der Waals surface area contributed by atoms with Crippen molar-refractivity contribution in [3.8, 4) is 0 Å². The van der Waals surface area contributed by atoms with E-state index in [0.29, 0.717) is 32.7 Å². The van der Waals surface area contributed by atoms with Crippen LogP contribution < -0.4 is 5.32 Å². The number of rotatable bonds is 8. The number of nitrogens with zero attached hydrogens (tertiary/aromatic N) is 1. The van der Waals surface area contributed by atoms with Crippen molar-refractivity contribution in [2.24, 2.45) is 5.92 Å². The molecule has 0 spiro atoms. The van der Waals surface area contributed by atoms with E-state index in [1.165, 1.54) is 5.56 Å². The number of carbonyl (C=O) groups excluding carboxylic acids is 2. The van der Waals surface area contributed by atoms with Crippen molar-refractivity contribution in [2.75, 3.05) is 33.4 Å². The van der Waals surface area contributed by atoms with Crippen molar-refractivity contribution in [3.63, 3.8) is 0 Å². The molecule has 0 aromatic heterocycles. The zero-order valence-corrected chi connectivity index (χ0v) is 13.1. The zero-order valence-electron chi connectivity index (χ0n) is 13.1. The molecule has 5 heteroatoms. The number of hydrogen-bond donors (Lipinski definition) is 1. The highest BCUT2D eigenvalue weighted by atomic mass is 16.5. The van der Waals surface area contributed by atoms with Gasteiger partial charge in [-0.15, -0.1) is 0 Å². The fourth-order valence-electron chi connectivity index (χ4n) is 2.65. The third kappa shape index (κ3) is 4.84. The molecule has 1 fully saturated rings. The molecule has 1 aromatic carbocycles. The summed E-state index contributed by atoms with van der Waals surface area (Å²) in [6.07, 6.45) is 1.94. The lowest BCUT2D eigenvalue weighted by Gasteiger charge is -2.16. The Labute approximate surface area is 131 Å². The van der Waals surface area contributed by atoms with Crippen LogP contribution in [0.15, 0.2) is 30.3 Å². The second-order valence-corrected chi connectivity index (χ2v) is 5.61. The van der Waals surface area contributed by atoms with E-state index in [0.717, 1.165) is 12.8 Å². The van der Waals surface area contributed by atoms with Crippen molar-refractivity contribution in [3.05, 3.63) is 35.9 Å². The van der Waals surface area contributed by atoms with Crippen LogP contribution in [0.25, 0.3) is 0 Å². The minimum Gasteiger partial charge on any atom is -0.385 e. The van der Waals surface area contributed by atoms with Crippen molar-refractivity contribution >= 4 is 11.8 Å². The Morgan fingerprint density at radius 3 is 2.86 bits per heavy atom. The molecule has 5 nitrogen and oxygen atoms in total. The molecule has 1 aliphatic heterocycles. The smallest absolute Gasteiger partial charge is 0.225 e. The molecule has 2 rings (SSSR count). The van der Waals surface area contributed by atoms with E-state index in [9.17, 15) is 9.59 Å². The quantitative estimate of drug-likeness (QED) is 0.735. The first kappa shape index (κ1) is 16.5. The Morgan fingerprint density at radius 1 is 1.36 bits per heavy atom. The largest absolute Gasteiger partial charge is 0.385 e. The highest BCUT2D eigenvalue weighted by Crippen LogP contribution is 2.18. The summed E-state index contributed by atoms with van der Waals surface area (Å²) in [6, 6.07) is 10.1. The molecule has 22 heavy (non-hydrogen) atoms. The van der Waals surface area contributed by atoms with Gasteiger partial charge in [-0.1, -0.05) is 30.3 Å². The van der Waals surface area contributed by atoms with Crippen molar-refractivity contribution < 1.29 is 14.3 Å². The summed E-state index contributed by atoms with van der Waals surface area (Å²) in [5.74, 6) is -0.162. The average molecular weight is 304 g/mol. The molecule has 2 amide bonds. The molecule has 0 bridgehead atoms. The monoisotopic (exact) mass is 304 g/mol. The summed E-state index contributed by atoms with van der Waals surface area (Å²) in [6.45, 7) is 2.44. The van der Waals surface area contributed by atoms with Gasteiger partial charge < -0.3 is 15.0 Å². The molecule has 0 unspecified atom stereocenters. The fourth-order valence-corrected chi connectivity index (χ4v) is 2.65. The van der Waals surface area contributed by atoms with E-state index in [2.05, 4.69) is 17.4 Å². The molecule has 1 atom stereocenters. The molecule has 0 radical (unpaired) electrons. The maximum atomic E-state index is 12.0. The maximum absolute atomic E-state index is 12.0. The third-order valence-electron chi connectivity index (χ3n) is 3.92. The molecule has 1 aromatic rings.